The minimum Gasteiger partial charge on any atom is -0.396 e. The van der Waals surface area contributed by atoms with E-state index in [0.29, 0.717) is 6.61 Å². The molecule has 0 saturated carbocycles. The summed E-state index contributed by atoms with van der Waals surface area (Å²) in [7, 11) is 0. The molecule has 0 amide bonds. The second-order valence-corrected chi connectivity index (χ2v) is 2.90. The molecule has 84 valence electrons. The third-order valence-electron chi connectivity index (χ3n) is 1.72. The molecule has 5 nitrogen and oxygen atoms in total. The van der Waals surface area contributed by atoms with Crippen molar-refractivity contribution in [1.82, 2.24) is 0 Å². The van der Waals surface area contributed by atoms with E-state index in [2.05, 4.69) is 12.1 Å². The fourth-order valence-corrected chi connectivity index (χ4v) is 1.09. The van der Waals surface area contributed by atoms with Crippen molar-refractivity contribution in [3.05, 3.63) is 46.0 Å². The average molecular weight is 213 g/mol. The van der Waals surface area contributed by atoms with Crippen LogP contribution in [0.2, 0.25) is 0 Å². The number of hydrogen-bond donors (Lipinski definition) is 2. The third-order valence-corrected chi connectivity index (χ3v) is 1.72. The van der Waals surface area contributed by atoms with Gasteiger partial charge < -0.3 is 10.3 Å². The van der Waals surface area contributed by atoms with E-state index in [4.69, 9.17) is 20.4 Å². The highest BCUT2D eigenvalue weighted by Crippen LogP contribution is 2.03. The summed E-state index contributed by atoms with van der Waals surface area (Å²) in [4.78, 5) is 8.36. The molecule has 0 aromatic heterocycles. The molecule has 0 aliphatic rings. The topological polar surface area (TPSA) is 83.6 Å². The second-order valence-electron chi connectivity index (χ2n) is 2.90. The highest BCUT2D eigenvalue weighted by molar-refractivity contribution is 5.14. The van der Waals surface area contributed by atoms with Gasteiger partial charge in [-0.1, -0.05) is 30.3 Å². The average Bonchev–Trinajstić information content (AvgIpc) is 2.19. The summed E-state index contributed by atoms with van der Waals surface area (Å²) in [6.45, 7) is 0.312. The number of aryl methyl sites for hydroxylation is 1. The van der Waals surface area contributed by atoms with Crippen molar-refractivity contribution in [2.45, 2.75) is 19.3 Å². The van der Waals surface area contributed by atoms with Gasteiger partial charge in [0, 0.05) is 6.61 Å². The molecule has 0 saturated heterocycles. The van der Waals surface area contributed by atoms with Gasteiger partial charge in [-0.2, -0.15) is 0 Å². The summed E-state index contributed by atoms with van der Waals surface area (Å²) in [5, 5.41) is 22.2. The number of rotatable bonds is 4. The largest absolute Gasteiger partial charge is 0.396 e. The number of nitrogens with zero attached hydrogens (tertiary/aromatic N) is 1. The van der Waals surface area contributed by atoms with Crippen molar-refractivity contribution in [3.63, 3.8) is 0 Å². The van der Waals surface area contributed by atoms with Gasteiger partial charge in [0.15, 0.2) is 0 Å². The Hall–Kier alpha value is -1.62. The lowest BCUT2D eigenvalue weighted by Gasteiger charge is -1.97. The van der Waals surface area contributed by atoms with Crippen LogP contribution in [0.4, 0.5) is 0 Å². The first-order valence-corrected chi connectivity index (χ1v) is 4.65. The van der Waals surface area contributed by atoms with Crippen LogP contribution >= 0.6 is 0 Å². The lowest BCUT2D eigenvalue weighted by molar-refractivity contribution is -0.742. The highest BCUT2D eigenvalue weighted by atomic mass is 16.9. The van der Waals surface area contributed by atoms with Crippen molar-refractivity contribution in [1.29, 1.82) is 0 Å². The van der Waals surface area contributed by atoms with E-state index in [1.54, 1.807) is 0 Å². The van der Waals surface area contributed by atoms with Gasteiger partial charge in [-0.25, -0.2) is 0 Å². The molecule has 1 rings (SSSR count). The summed E-state index contributed by atoms with van der Waals surface area (Å²) < 4.78 is 0. The van der Waals surface area contributed by atoms with Gasteiger partial charge in [-0.3, -0.25) is 0 Å². The van der Waals surface area contributed by atoms with E-state index in [9.17, 15) is 0 Å². The monoisotopic (exact) mass is 213 g/mol. The van der Waals surface area contributed by atoms with Gasteiger partial charge in [0.25, 0.3) is 5.09 Å². The minimum absolute atomic E-state index is 0.312. The molecule has 1 aromatic carbocycles. The Kier molecular flexibility index (Phi) is 7.99. The van der Waals surface area contributed by atoms with Crippen molar-refractivity contribution in [2.24, 2.45) is 0 Å². The molecule has 0 atom stereocenters. The van der Waals surface area contributed by atoms with Crippen molar-refractivity contribution in [3.8, 4) is 0 Å². The molecule has 1 aromatic rings. The summed E-state index contributed by atoms with van der Waals surface area (Å²) in [6.07, 6.45) is 3.08. The van der Waals surface area contributed by atoms with Crippen LogP contribution in [-0.2, 0) is 6.42 Å². The minimum atomic E-state index is -1.50. The normalized spacial score (nSPS) is 8.87. The maximum Gasteiger partial charge on any atom is 0.291 e. The Bertz CT molecular complexity index is 259. The standard InChI is InChI=1S/C10H14O.HNO3/c11-9-5-4-8-10-6-2-1-3-7-10;2-1(3)4/h1-3,6-7,11H,4-5,8-9H2;(H,2,3,4). The Morgan fingerprint density at radius 3 is 2.20 bits per heavy atom. The molecule has 5 heteroatoms. The van der Waals surface area contributed by atoms with E-state index < -0.39 is 5.09 Å². The molecular formula is C10H15NO4. The Morgan fingerprint density at radius 1 is 1.20 bits per heavy atom. The zero-order chi connectivity index (χ0) is 11.5. The smallest absolute Gasteiger partial charge is 0.291 e. The molecule has 0 aliphatic heterocycles. The van der Waals surface area contributed by atoms with Gasteiger partial charge in [0.2, 0.25) is 0 Å². The van der Waals surface area contributed by atoms with Gasteiger partial charge >= 0.3 is 0 Å². The van der Waals surface area contributed by atoms with Crippen molar-refractivity contribution >= 4 is 0 Å². The van der Waals surface area contributed by atoms with E-state index in [-0.39, 0.29) is 0 Å². The lowest BCUT2D eigenvalue weighted by atomic mass is 10.1. The molecule has 0 radical (unpaired) electrons. The fourth-order valence-electron chi connectivity index (χ4n) is 1.09. The summed E-state index contributed by atoms with van der Waals surface area (Å²) in [5.41, 5.74) is 1.36. The summed E-state index contributed by atoms with van der Waals surface area (Å²) >= 11 is 0. The van der Waals surface area contributed by atoms with Crippen LogP contribution in [0.1, 0.15) is 18.4 Å². The maximum absolute atomic E-state index is 8.54. The van der Waals surface area contributed by atoms with Crippen LogP contribution in [0.3, 0.4) is 0 Å². The maximum atomic E-state index is 8.54. The first kappa shape index (κ1) is 13.4. The molecule has 15 heavy (non-hydrogen) atoms. The van der Waals surface area contributed by atoms with Crippen LogP contribution in [-0.4, -0.2) is 22.0 Å². The van der Waals surface area contributed by atoms with Crippen LogP contribution < -0.4 is 0 Å². The molecule has 0 heterocycles. The number of hydrogen-bond acceptors (Lipinski definition) is 3. The van der Waals surface area contributed by atoms with Crippen LogP contribution in [0.15, 0.2) is 30.3 Å². The predicted octanol–water partition coefficient (Wildman–Crippen LogP) is 1.65. The van der Waals surface area contributed by atoms with Crippen LogP contribution in [0.5, 0.6) is 0 Å². The van der Waals surface area contributed by atoms with E-state index in [1.807, 2.05) is 18.2 Å². The molecule has 0 aliphatic carbocycles. The Morgan fingerprint density at radius 2 is 1.73 bits per heavy atom. The van der Waals surface area contributed by atoms with Gasteiger partial charge in [-0.05, 0) is 24.8 Å². The van der Waals surface area contributed by atoms with Crippen molar-refractivity contribution in [2.75, 3.05) is 6.61 Å². The van der Waals surface area contributed by atoms with E-state index >= 15 is 0 Å². The quantitative estimate of drug-likeness (QED) is 0.452. The highest BCUT2D eigenvalue weighted by Gasteiger charge is 1.89. The van der Waals surface area contributed by atoms with Crippen molar-refractivity contribution < 1.29 is 15.4 Å². The van der Waals surface area contributed by atoms with E-state index in [0.717, 1.165) is 19.3 Å². The van der Waals surface area contributed by atoms with Gasteiger partial charge in [-0.15, -0.1) is 10.1 Å². The zero-order valence-corrected chi connectivity index (χ0v) is 8.37. The fraction of sp³-hybridized carbons (Fsp3) is 0.400. The molecule has 2 N–H and O–H groups in total. The Labute approximate surface area is 88.1 Å². The second kappa shape index (κ2) is 8.96. The first-order valence-electron chi connectivity index (χ1n) is 4.65. The number of unbranched alkanes of at least 4 members (excludes halogenated alkanes) is 1. The van der Waals surface area contributed by atoms with Crippen LogP contribution in [0.25, 0.3) is 0 Å². The molecule has 0 unspecified atom stereocenters. The van der Waals surface area contributed by atoms with Crippen LogP contribution in [0, 0.1) is 10.1 Å². The molecular weight excluding hydrogens is 198 g/mol. The summed E-state index contributed by atoms with van der Waals surface area (Å²) in [5.74, 6) is 0. The molecule has 0 bridgehead atoms. The van der Waals surface area contributed by atoms with Gasteiger partial charge in [0.05, 0.1) is 0 Å². The third kappa shape index (κ3) is 10.3. The Balaban J connectivity index is 0.000000423. The number of benzene rings is 1. The summed E-state index contributed by atoms with van der Waals surface area (Å²) in [6, 6.07) is 10.4. The van der Waals surface area contributed by atoms with Gasteiger partial charge in [0.1, 0.15) is 0 Å². The number of aliphatic hydroxyl groups excluding tert-OH is 1. The lowest BCUT2D eigenvalue weighted by Crippen LogP contribution is -1.87. The van der Waals surface area contributed by atoms with E-state index in [1.165, 1.54) is 5.56 Å². The molecule has 0 spiro atoms. The SMILES string of the molecule is O=[N+]([O-])O.OCCCCc1ccccc1. The molecule has 0 fully saturated rings. The number of aliphatic hydroxyl groups is 1. The zero-order valence-electron chi connectivity index (χ0n) is 8.37. The first-order chi connectivity index (χ1) is 7.16. The predicted molar refractivity (Wildman–Crippen MR) is 55.2 cm³/mol.